The van der Waals surface area contributed by atoms with Gasteiger partial charge in [-0.3, -0.25) is 14.3 Å². The van der Waals surface area contributed by atoms with Crippen LogP contribution in [-0.2, 0) is 11.2 Å². The van der Waals surface area contributed by atoms with Crippen LogP contribution in [-0.4, -0.2) is 56.2 Å². The molecule has 2 aromatic rings. The average molecular weight is 437 g/mol. The maximum atomic E-state index is 11.6. The van der Waals surface area contributed by atoms with Gasteiger partial charge in [-0.2, -0.15) is 0 Å². The number of likely N-dealkylation sites (N-methyl/N-ethyl adjacent to an activating group) is 1. The summed E-state index contributed by atoms with van der Waals surface area (Å²) in [4.78, 5) is 29.5. The van der Waals surface area contributed by atoms with Crippen molar-refractivity contribution in [3.63, 3.8) is 0 Å². The fourth-order valence-corrected chi connectivity index (χ4v) is 3.85. The second-order valence-corrected chi connectivity index (χ2v) is 8.27. The molecule has 3 rings (SSSR count). The van der Waals surface area contributed by atoms with Crippen LogP contribution in [0, 0.1) is 0 Å². The molecule has 1 aliphatic heterocycles. The first-order chi connectivity index (χ1) is 15.0. The summed E-state index contributed by atoms with van der Waals surface area (Å²) in [5, 5.41) is 0. The van der Waals surface area contributed by atoms with Crippen molar-refractivity contribution in [3.8, 4) is 11.1 Å². The minimum absolute atomic E-state index is 0.353. The van der Waals surface area contributed by atoms with E-state index in [1.807, 2.05) is 42.7 Å². The molecule has 0 unspecified atom stereocenters. The summed E-state index contributed by atoms with van der Waals surface area (Å²) in [7, 11) is 2.09. The van der Waals surface area contributed by atoms with Crippen LogP contribution in [0.4, 0.5) is 5.69 Å². The van der Waals surface area contributed by atoms with Crippen LogP contribution >= 0.6 is 11.9 Å². The highest BCUT2D eigenvalue weighted by molar-refractivity contribution is 7.96. The fourth-order valence-electron chi connectivity index (χ4n) is 3.55. The molecule has 3 N–H and O–H groups in total. The highest BCUT2D eigenvalue weighted by atomic mass is 32.2. The van der Waals surface area contributed by atoms with Crippen molar-refractivity contribution in [2.75, 3.05) is 32.9 Å². The molecular weight excluding hydrogens is 408 g/mol. The second-order valence-electron chi connectivity index (χ2n) is 7.57. The molecule has 0 amide bonds. The van der Waals surface area contributed by atoms with E-state index in [0.717, 1.165) is 72.1 Å². The Morgan fingerprint density at radius 1 is 1.13 bits per heavy atom. The molecular formula is C24H28N4O2S. The van der Waals surface area contributed by atoms with Crippen LogP contribution in [0.3, 0.4) is 0 Å². The van der Waals surface area contributed by atoms with Gasteiger partial charge in [0, 0.05) is 42.8 Å². The van der Waals surface area contributed by atoms with Gasteiger partial charge in [-0.05, 0) is 48.6 Å². The standard InChI is InChI=1S/C24H28N4O2S/c1-28(10-8-26-31-2)9-7-20-13-18(4-6-22(20)16-30)19-3-5-21-11-17(15-29)12-24(25)27-23(21)14-19/h3-6,11,13-16,26H,7-10,12H2,1-2H3,(H2,25,27). The highest BCUT2D eigenvalue weighted by Gasteiger charge is 2.12. The monoisotopic (exact) mass is 436 g/mol. The van der Waals surface area contributed by atoms with Crippen LogP contribution in [0.2, 0.25) is 0 Å². The Bertz CT molecular complexity index is 1020. The third-order valence-corrected chi connectivity index (χ3v) is 5.77. The molecule has 0 aromatic heterocycles. The Balaban J connectivity index is 1.84. The summed E-state index contributed by atoms with van der Waals surface area (Å²) in [5.74, 6) is 0.422. The Labute approximate surface area is 187 Å². The first kappa shape index (κ1) is 22.9. The number of carbonyl (C=O) groups excluding carboxylic acids is 2. The predicted octanol–water partition coefficient (Wildman–Crippen LogP) is 3.48. The molecule has 0 saturated heterocycles. The molecule has 1 heterocycles. The molecule has 1 aliphatic rings. The van der Waals surface area contributed by atoms with Crippen LogP contribution in [0.5, 0.6) is 0 Å². The van der Waals surface area contributed by atoms with Crippen molar-refractivity contribution < 1.29 is 9.59 Å². The Hall–Kier alpha value is -2.74. The topological polar surface area (TPSA) is 87.8 Å². The maximum Gasteiger partial charge on any atom is 0.150 e. The summed E-state index contributed by atoms with van der Waals surface area (Å²) < 4.78 is 3.25. The number of nitrogens with two attached hydrogens (primary N) is 1. The van der Waals surface area contributed by atoms with Crippen molar-refractivity contribution in [1.82, 2.24) is 9.62 Å². The van der Waals surface area contributed by atoms with Crippen LogP contribution in [0.1, 0.15) is 27.9 Å². The van der Waals surface area contributed by atoms with Gasteiger partial charge in [0.25, 0.3) is 0 Å². The third kappa shape index (κ3) is 6.13. The largest absolute Gasteiger partial charge is 0.387 e. The van der Waals surface area contributed by atoms with E-state index in [2.05, 4.69) is 27.7 Å². The molecule has 0 radical (unpaired) electrons. The number of benzene rings is 2. The van der Waals surface area contributed by atoms with Crippen molar-refractivity contribution in [3.05, 3.63) is 58.7 Å². The van der Waals surface area contributed by atoms with Gasteiger partial charge >= 0.3 is 0 Å². The summed E-state index contributed by atoms with van der Waals surface area (Å²) in [5.41, 5.74) is 12.0. The first-order valence-corrected chi connectivity index (χ1v) is 11.4. The van der Waals surface area contributed by atoms with E-state index in [9.17, 15) is 9.59 Å². The minimum Gasteiger partial charge on any atom is -0.387 e. The van der Waals surface area contributed by atoms with Crippen LogP contribution in [0.15, 0.2) is 47.0 Å². The SMILES string of the molecule is CSNCCN(C)CCc1cc(-c2ccc3c(c2)N=C(N)CC(C=O)=C3)ccc1C=O. The number of aliphatic imine (C=N–C) groups is 1. The Morgan fingerprint density at radius 2 is 1.90 bits per heavy atom. The number of carbonyl (C=O) groups is 2. The van der Waals surface area contributed by atoms with E-state index < -0.39 is 0 Å². The lowest BCUT2D eigenvalue weighted by atomic mass is 9.96. The van der Waals surface area contributed by atoms with Gasteiger partial charge in [-0.25, -0.2) is 4.99 Å². The number of hydrogen-bond donors (Lipinski definition) is 2. The van der Waals surface area contributed by atoms with Crippen LogP contribution in [0.25, 0.3) is 17.2 Å². The number of rotatable bonds is 10. The number of amidine groups is 1. The summed E-state index contributed by atoms with van der Waals surface area (Å²) in [6.45, 7) is 2.72. The number of nitrogens with one attached hydrogen (secondary N) is 1. The van der Waals surface area contributed by atoms with Gasteiger partial charge < -0.3 is 10.6 Å². The molecule has 0 aliphatic carbocycles. The van der Waals surface area contributed by atoms with E-state index in [-0.39, 0.29) is 0 Å². The van der Waals surface area contributed by atoms with E-state index in [1.54, 1.807) is 11.9 Å². The van der Waals surface area contributed by atoms with Crippen molar-refractivity contribution >= 4 is 42.1 Å². The van der Waals surface area contributed by atoms with E-state index in [0.29, 0.717) is 17.8 Å². The van der Waals surface area contributed by atoms with Gasteiger partial charge in [0.15, 0.2) is 0 Å². The molecule has 0 atom stereocenters. The lowest BCUT2D eigenvalue weighted by molar-refractivity contribution is -0.104. The lowest BCUT2D eigenvalue weighted by Crippen LogP contribution is -2.28. The Kier molecular flexibility index (Phi) is 8.17. The number of aldehydes is 2. The zero-order chi connectivity index (χ0) is 22.2. The van der Waals surface area contributed by atoms with Gasteiger partial charge in [-0.1, -0.05) is 42.3 Å². The van der Waals surface area contributed by atoms with Gasteiger partial charge in [0.05, 0.1) is 5.69 Å². The second kappa shape index (κ2) is 11.0. The summed E-state index contributed by atoms with van der Waals surface area (Å²) in [6.07, 6.45) is 6.73. The first-order valence-electron chi connectivity index (χ1n) is 10.2. The molecule has 0 fully saturated rings. The fraction of sp³-hybridized carbons (Fsp3) is 0.292. The summed E-state index contributed by atoms with van der Waals surface area (Å²) >= 11 is 1.62. The van der Waals surface area contributed by atoms with Gasteiger partial charge in [-0.15, -0.1) is 0 Å². The molecule has 0 spiro atoms. The molecule has 7 heteroatoms. The van der Waals surface area contributed by atoms with E-state index in [1.165, 1.54) is 0 Å². The predicted molar refractivity (Wildman–Crippen MR) is 130 cm³/mol. The van der Waals surface area contributed by atoms with Crippen LogP contribution < -0.4 is 10.5 Å². The third-order valence-electron chi connectivity index (χ3n) is 5.28. The highest BCUT2D eigenvalue weighted by Crippen LogP contribution is 2.32. The zero-order valence-corrected chi connectivity index (χ0v) is 18.7. The molecule has 6 nitrogen and oxygen atoms in total. The van der Waals surface area contributed by atoms with E-state index >= 15 is 0 Å². The van der Waals surface area contributed by atoms with Gasteiger partial charge in [0.1, 0.15) is 18.4 Å². The van der Waals surface area contributed by atoms with Crippen molar-refractivity contribution in [1.29, 1.82) is 0 Å². The minimum atomic E-state index is 0.353. The molecule has 0 saturated carbocycles. The quantitative estimate of drug-likeness (QED) is 0.337. The van der Waals surface area contributed by atoms with E-state index in [4.69, 9.17) is 5.73 Å². The maximum absolute atomic E-state index is 11.6. The van der Waals surface area contributed by atoms with Crippen molar-refractivity contribution in [2.45, 2.75) is 12.8 Å². The average Bonchev–Trinajstić information content (AvgIpc) is 2.94. The summed E-state index contributed by atoms with van der Waals surface area (Å²) in [6, 6.07) is 11.9. The molecule has 0 bridgehead atoms. The van der Waals surface area contributed by atoms with Crippen molar-refractivity contribution in [2.24, 2.45) is 10.7 Å². The number of hydrogen-bond acceptors (Lipinski definition) is 7. The molecule has 31 heavy (non-hydrogen) atoms. The lowest BCUT2D eigenvalue weighted by Gasteiger charge is -2.17. The normalized spacial score (nSPS) is 13.3. The number of fused-ring (bicyclic) bond motifs is 1. The van der Waals surface area contributed by atoms with Gasteiger partial charge in [0.2, 0.25) is 0 Å². The smallest absolute Gasteiger partial charge is 0.150 e. The molecule has 2 aromatic carbocycles. The Morgan fingerprint density at radius 3 is 2.65 bits per heavy atom. The molecule has 162 valence electrons. The zero-order valence-electron chi connectivity index (χ0n) is 17.9. The number of nitrogens with zero attached hydrogens (tertiary/aromatic N) is 2.